The Labute approximate surface area is 207 Å². The first-order valence-corrected chi connectivity index (χ1v) is 11.8. The Morgan fingerprint density at radius 3 is 1.86 bits per heavy atom. The van der Waals surface area contributed by atoms with Crippen molar-refractivity contribution in [3.63, 3.8) is 0 Å². The largest absolute Gasteiger partial charge is 0.496 e. The number of hydrogen-bond acceptors (Lipinski definition) is 7. The summed E-state index contributed by atoms with van der Waals surface area (Å²) in [5, 5.41) is 3.44. The molecule has 7 nitrogen and oxygen atoms in total. The van der Waals surface area contributed by atoms with E-state index in [0.717, 1.165) is 54.4 Å². The minimum Gasteiger partial charge on any atom is -0.496 e. The highest BCUT2D eigenvalue weighted by Gasteiger charge is 2.31. The number of nitrogens with zero attached hydrogens (tertiary/aromatic N) is 1. The third-order valence-electron chi connectivity index (χ3n) is 6.28. The number of nitrogens with one attached hydrogen (secondary N) is 1. The summed E-state index contributed by atoms with van der Waals surface area (Å²) >= 11 is 0. The van der Waals surface area contributed by atoms with Crippen LogP contribution in [-0.4, -0.2) is 59.5 Å². The summed E-state index contributed by atoms with van der Waals surface area (Å²) < 4.78 is 29.4. The maximum absolute atomic E-state index is 6.19. The quantitative estimate of drug-likeness (QED) is 0.466. The molecule has 1 aliphatic rings. The average molecular weight is 479 g/mol. The Morgan fingerprint density at radius 2 is 1.31 bits per heavy atom. The molecule has 0 aromatic heterocycles. The fraction of sp³-hybridized carbons (Fsp3) is 0.357. The first-order chi connectivity index (χ1) is 17.2. The molecule has 0 saturated carbocycles. The van der Waals surface area contributed by atoms with Crippen molar-refractivity contribution in [3.05, 3.63) is 77.4 Å². The van der Waals surface area contributed by atoms with Gasteiger partial charge in [-0.25, -0.2) is 0 Å². The number of benzene rings is 3. The maximum atomic E-state index is 6.19. The van der Waals surface area contributed by atoms with Gasteiger partial charge in [-0.05, 0) is 35.4 Å². The summed E-state index contributed by atoms with van der Waals surface area (Å²) in [6, 6.07) is 19.8. The molecule has 0 spiro atoms. The van der Waals surface area contributed by atoms with Crippen molar-refractivity contribution in [2.45, 2.75) is 12.6 Å². The first-order valence-electron chi connectivity index (χ1n) is 11.8. The second-order valence-corrected chi connectivity index (χ2v) is 8.29. The van der Waals surface area contributed by atoms with Crippen molar-refractivity contribution < 1.29 is 23.7 Å². The van der Waals surface area contributed by atoms with Crippen LogP contribution in [0.2, 0.25) is 0 Å². The third-order valence-corrected chi connectivity index (χ3v) is 6.28. The number of ether oxygens (including phenoxy) is 5. The van der Waals surface area contributed by atoms with Crippen LogP contribution in [0, 0.1) is 0 Å². The van der Waals surface area contributed by atoms with Crippen molar-refractivity contribution in [1.82, 2.24) is 10.2 Å². The van der Waals surface area contributed by atoms with E-state index in [1.807, 2.05) is 60.7 Å². The highest BCUT2D eigenvalue weighted by Crippen LogP contribution is 2.46. The van der Waals surface area contributed by atoms with Crippen LogP contribution in [0.1, 0.15) is 22.7 Å². The molecule has 0 amide bonds. The van der Waals surface area contributed by atoms with Crippen LogP contribution >= 0.6 is 0 Å². The molecule has 1 atom stereocenters. The lowest BCUT2D eigenvalue weighted by Gasteiger charge is -2.37. The van der Waals surface area contributed by atoms with E-state index in [9.17, 15) is 0 Å². The van der Waals surface area contributed by atoms with E-state index in [1.165, 1.54) is 0 Å². The summed E-state index contributed by atoms with van der Waals surface area (Å²) in [5.41, 5.74) is 3.05. The van der Waals surface area contributed by atoms with Gasteiger partial charge >= 0.3 is 0 Å². The van der Waals surface area contributed by atoms with Crippen LogP contribution in [-0.2, 0) is 6.61 Å². The van der Waals surface area contributed by atoms with E-state index in [0.29, 0.717) is 23.9 Å². The number of hydrogen-bond donors (Lipinski definition) is 1. The van der Waals surface area contributed by atoms with Crippen molar-refractivity contribution in [2.24, 2.45) is 0 Å². The molecule has 35 heavy (non-hydrogen) atoms. The molecular formula is C28H34N2O5. The maximum Gasteiger partial charge on any atom is 0.203 e. The van der Waals surface area contributed by atoms with Gasteiger partial charge in [0.2, 0.25) is 5.75 Å². The van der Waals surface area contributed by atoms with E-state index in [1.54, 1.807) is 28.4 Å². The van der Waals surface area contributed by atoms with Crippen LogP contribution in [0.3, 0.4) is 0 Å². The monoisotopic (exact) mass is 478 g/mol. The molecule has 186 valence electrons. The number of rotatable bonds is 10. The van der Waals surface area contributed by atoms with Crippen LogP contribution in [0.4, 0.5) is 0 Å². The molecular weight excluding hydrogens is 444 g/mol. The Hall–Kier alpha value is -3.42. The smallest absolute Gasteiger partial charge is 0.203 e. The molecule has 7 heteroatoms. The Balaban J connectivity index is 1.80. The topological polar surface area (TPSA) is 61.4 Å². The zero-order valence-corrected chi connectivity index (χ0v) is 20.9. The average Bonchev–Trinajstić information content (AvgIpc) is 2.93. The van der Waals surface area contributed by atoms with Gasteiger partial charge in [-0.2, -0.15) is 0 Å². The van der Waals surface area contributed by atoms with E-state index in [-0.39, 0.29) is 6.04 Å². The fourth-order valence-corrected chi connectivity index (χ4v) is 4.58. The zero-order chi connectivity index (χ0) is 24.6. The fourth-order valence-electron chi connectivity index (χ4n) is 4.58. The van der Waals surface area contributed by atoms with Gasteiger partial charge in [-0.15, -0.1) is 0 Å². The van der Waals surface area contributed by atoms with Crippen LogP contribution in [0.5, 0.6) is 28.7 Å². The van der Waals surface area contributed by atoms with Crippen molar-refractivity contribution in [3.8, 4) is 28.7 Å². The van der Waals surface area contributed by atoms with E-state index in [4.69, 9.17) is 23.7 Å². The highest BCUT2D eigenvalue weighted by molar-refractivity contribution is 5.58. The second-order valence-electron chi connectivity index (χ2n) is 8.29. The number of methoxy groups -OCH3 is 4. The van der Waals surface area contributed by atoms with Gasteiger partial charge in [0.15, 0.2) is 11.5 Å². The standard InChI is InChI=1S/C28H34N2O5/c1-31-22-11-8-12-23(32-2)26(22)27(30-15-13-29-14-16-30)21-17-24(33-3)28(25(18-21)34-4)35-19-20-9-6-5-7-10-20/h5-12,17-18,27,29H,13-16,19H2,1-4H3. The first kappa shape index (κ1) is 24.7. The molecule has 0 radical (unpaired) electrons. The molecule has 0 bridgehead atoms. The van der Waals surface area contributed by atoms with Gasteiger partial charge in [0.05, 0.1) is 40.0 Å². The Morgan fingerprint density at radius 1 is 0.743 bits per heavy atom. The number of piperazine rings is 1. The lowest BCUT2D eigenvalue weighted by atomic mass is 9.94. The molecule has 1 fully saturated rings. The molecule has 3 aromatic carbocycles. The van der Waals surface area contributed by atoms with Crippen molar-refractivity contribution >= 4 is 0 Å². The van der Waals surface area contributed by atoms with Gasteiger partial charge in [0.1, 0.15) is 18.1 Å². The minimum absolute atomic E-state index is 0.130. The Kier molecular flexibility index (Phi) is 8.34. The van der Waals surface area contributed by atoms with E-state index < -0.39 is 0 Å². The summed E-state index contributed by atoms with van der Waals surface area (Å²) in [5.74, 6) is 3.35. The van der Waals surface area contributed by atoms with E-state index >= 15 is 0 Å². The van der Waals surface area contributed by atoms with Crippen molar-refractivity contribution in [2.75, 3.05) is 54.6 Å². The van der Waals surface area contributed by atoms with Gasteiger partial charge in [0.25, 0.3) is 0 Å². The SMILES string of the molecule is COc1cc(C(c2c(OC)cccc2OC)N2CCNCC2)cc(OC)c1OCc1ccccc1. The molecule has 1 N–H and O–H groups in total. The van der Waals surface area contributed by atoms with Crippen molar-refractivity contribution in [1.29, 1.82) is 0 Å². The van der Waals surface area contributed by atoms with Gasteiger partial charge in [-0.1, -0.05) is 36.4 Å². The van der Waals surface area contributed by atoms with Crippen LogP contribution in [0.25, 0.3) is 0 Å². The lowest BCUT2D eigenvalue weighted by Crippen LogP contribution is -2.45. The Bertz CT molecular complexity index is 1050. The summed E-state index contributed by atoms with van der Waals surface area (Å²) in [7, 11) is 6.68. The summed E-state index contributed by atoms with van der Waals surface area (Å²) in [6.07, 6.45) is 0. The van der Waals surface area contributed by atoms with E-state index in [2.05, 4.69) is 10.2 Å². The predicted molar refractivity (Wildman–Crippen MR) is 136 cm³/mol. The predicted octanol–water partition coefficient (Wildman–Crippen LogP) is 4.29. The van der Waals surface area contributed by atoms with Gasteiger partial charge in [0, 0.05) is 26.2 Å². The third kappa shape index (κ3) is 5.47. The molecule has 4 rings (SSSR count). The van der Waals surface area contributed by atoms with Crippen LogP contribution in [0.15, 0.2) is 60.7 Å². The molecule has 0 aliphatic carbocycles. The highest BCUT2D eigenvalue weighted by atomic mass is 16.5. The van der Waals surface area contributed by atoms with Gasteiger partial charge < -0.3 is 29.0 Å². The summed E-state index contributed by atoms with van der Waals surface area (Å²) in [6.45, 7) is 3.97. The minimum atomic E-state index is -0.130. The second kappa shape index (κ2) is 11.8. The van der Waals surface area contributed by atoms with Gasteiger partial charge in [-0.3, -0.25) is 4.90 Å². The molecule has 3 aromatic rings. The molecule has 1 saturated heterocycles. The molecule has 1 unspecified atom stereocenters. The molecule has 1 aliphatic heterocycles. The normalized spacial score (nSPS) is 14.7. The zero-order valence-electron chi connectivity index (χ0n) is 20.9. The lowest BCUT2D eigenvalue weighted by molar-refractivity contribution is 0.191. The molecule has 1 heterocycles. The summed E-state index contributed by atoms with van der Waals surface area (Å²) in [4.78, 5) is 2.43. The van der Waals surface area contributed by atoms with Crippen LogP contribution < -0.4 is 29.0 Å².